The first-order chi connectivity index (χ1) is 6.68. The molecule has 0 amide bonds. The zero-order valence-electron chi connectivity index (χ0n) is 8.70. The van der Waals surface area contributed by atoms with Gasteiger partial charge in [0.2, 0.25) is 0 Å². The van der Waals surface area contributed by atoms with Crippen molar-refractivity contribution in [2.45, 2.75) is 44.6 Å². The van der Waals surface area contributed by atoms with Crippen molar-refractivity contribution >= 4 is 11.3 Å². The Balaban J connectivity index is 1.96. The Kier molecular flexibility index (Phi) is 2.88. The molecule has 0 saturated heterocycles. The summed E-state index contributed by atoms with van der Waals surface area (Å²) < 4.78 is 0. The van der Waals surface area contributed by atoms with Crippen molar-refractivity contribution in [1.82, 2.24) is 4.98 Å². The highest BCUT2D eigenvalue weighted by molar-refractivity contribution is 7.07. The molecule has 1 aliphatic carbocycles. The Bertz CT molecular complexity index is 273. The number of thiazole rings is 1. The second-order valence-electron chi connectivity index (χ2n) is 4.70. The topological polar surface area (TPSA) is 38.9 Å². The Hall–Kier alpha value is -0.410. The van der Waals surface area contributed by atoms with Crippen molar-refractivity contribution in [1.29, 1.82) is 0 Å². The molecule has 14 heavy (non-hydrogen) atoms. The van der Waals surface area contributed by atoms with Crippen molar-refractivity contribution in [2.75, 3.05) is 0 Å². The van der Waals surface area contributed by atoms with Crippen LogP contribution in [0.1, 0.15) is 38.3 Å². The molecule has 1 aromatic heterocycles. The summed E-state index contributed by atoms with van der Waals surface area (Å²) in [5.74, 6) is 0.863. The fourth-order valence-corrected chi connectivity index (χ4v) is 2.76. The molecule has 3 heteroatoms. The minimum Gasteiger partial charge on any atom is -0.325 e. The lowest BCUT2D eigenvalue weighted by Crippen LogP contribution is -2.45. The van der Waals surface area contributed by atoms with Crippen LogP contribution in [0.4, 0.5) is 0 Å². The summed E-state index contributed by atoms with van der Waals surface area (Å²) >= 11 is 1.66. The molecule has 1 aliphatic rings. The van der Waals surface area contributed by atoms with Crippen LogP contribution in [-0.4, -0.2) is 10.5 Å². The van der Waals surface area contributed by atoms with Crippen LogP contribution in [0.3, 0.4) is 0 Å². The van der Waals surface area contributed by atoms with E-state index < -0.39 is 0 Å². The molecule has 1 heterocycles. The highest BCUT2D eigenvalue weighted by Gasteiger charge is 2.30. The maximum absolute atomic E-state index is 6.38. The van der Waals surface area contributed by atoms with Crippen molar-refractivity contribution in [2.24, 2.45) is 11.7 Å². The van der Waals surface area contributed by atoms with E-state index in [4.69, 9.17) is 5.73 Å². The largest absolute Gasteiger partial charge is 0.325 e. The predicted octanol–water partition coefficient (Wildman–Crippen LogP) is 2.59. The van der Waals surface area contributed by atoms with E-state index in [0.29, 0.717) is 0 Å². The molecule has 0 aliphatic heterocycles. The van der Waals surface area contributed by atoms with Gasteiger partial charge in [0.25, 0.3) is 0 Å². The van der Waals surface area contributed by atoms with E-state index in [2.05, 4.69) is 17.3 Å². The van der Waals surface area contributed by atoms with Gasteiger partial charge in [0.05, 0.1) is 11.2 Å². The fourth-order valence-electron chi connectivity index (χ4n) is 2.20. The van der Waals surface area contributed by atoms with E-state index >= 15 is 0 Å². The second-order valence-corrected chi connectivity index (χ2v) is 5.42. The molecule has 2 rings (SSSR count). The minimum absolute atomic E-state index is 0.0284. The molecule has 0 bridgehead atoms. The zero-order valence-corrected chi connectivity index (χ0v) is 9.52. The van der Waals surface area contributed by atoms with Crippen LogP contribution in [-0.2, 0) is 6.42 Å². The highest BCUT2D eigenvalue weighted by atomic mass is 32.1. The van der Waals surface area contributed by atoms with Crippen molar-refractivity contribution in [3.63, 3.8) is 0 Å². The van der Waals surface area contributed by atoms with E-state index in [1.54, 1.807) is 11.3 Å². The molecule has 0 unspecified atom stereocenters. The quantitative estimate of drug-likeness (QED) is 0.815. The first-order valence-corrected chi connectivity index (χ1v) is 6.28. The minimum atomic E-state index is 0.0284. The number of hydrogen-bond acceptors (Lipinski definition) is 3. The normalized spacial score (nSPS) is 33.1. The van der Waals surface area contributed by atoms with Crippen LogP contribution in [0.5, 0.6) is 0 Å². The fraction of sp³-hybridized carbons (Fsp3) is 0.727. The molecule has 0 radical (unpaired) electrons. The summed E-state index contributed by atoms with van der Waals surface area (Å²) in [7, 11) is 0. The molecule has 0 spiro atoms. The molecular weight excluding hydrogens is 192 g/mol. The maximum Gasteiger partial charge on any atom is 0.0794 e. The molecule has 78 valence electrons. The van der Waals surface area contributed by atoms with Crippen molar-refractivity contribution in [3.05, 3.63) is 16.6 Å². The lowest BCUT2D eigenvalue weighted by atomic mass is 9.75. The average Bonchev–Trinajstić information content (AvgIpc) is 2.63. The summed E-state index contributed by atoms with van der Waals surface area (Å²) in [5, 5.41) is 2.12. The smallest absolute Gasteiger partial charge is 0.0794 e. The van der Waals surface area contributed by atoms with Gasteiger partial charge in [-0.3, -0.25) is 0 Å². The van der Waals surface area contributed by atoms with E-state index in [1.807, 2.05) is 5.51 Å². The summed E-state index contributed by atoms with van der Waals surface area (Å²) in [6.07, 6.45) is 5.84. The third-order valence-electron chi connectivity index (χ3n) is 3.29. The first kappa shape index (κ1) is 10.1. The van der Waals surface area contributed by atoms with E-state index in [1.165, 1.54) is 18.5 Å². The number of nitrogens with two attached hydrogens (primary N) is 1. The third-order valence-corrected chi connectivity index (χ3v) is 3.92. The van der Waals surface area contributed by atoms with Gasteiger partial charge in [0.1, 0.15) is 0 Å². The van der Waals surface area contributed by atoms with Gasteiger partial charge >= 0.3 is 0 Å². The Labute approximate surface area is 89.5 Å². The molecular formula is C11H18N2S. The molecule has 2 N–H and O–H groups in total. The summed E-state index contributed by atoms with van der Waals surface area (Å²) in [6, 6.07) is 0. The number of hydrogen-bond donors (Lipinski definition) is 1. The van der Waals surface area contributed by atoms with Gasteiger partial charge in [0, 0.05) is 17.3 Å². The van der Waals surface area contributed by atoms with Crippen LogP contribution >= 0.6 is 11.3 Å². The summed E-state index contributed by atoms with van der Waals surface area (Å²) in [5.41, 5.74) is 9.47. The van der Waals surface area contributed by atoms with E-state index in [0.717, 1.165) is 25.2 Å². The lowest BCUT2D eigenvalue weighted by molar-refractivity contribution is 0.242. The zero-order chi connectivity index (χ0) is 10.0. The summed E-state index contributed by atoms with van der Waals surface area (Å²) in [4.78, 5) is 4.31. The van der Waals surface area contributed by atoms with Crippen LogP contribution in [0.25, 0.3) is 0 Å². The first-order valence-electron chi connectivity index (χ1n) is 5.34. The molecule has 2 nitrogen and oxygen atoms in total. The Morgan fingerprint density at radius 3 is 2.86 bits per heavy atom. The van der Waals surface area contributed by atoms with Gasteiger partial charge in [-0.25, -0.2) is 4.98 Å². The maximum atomic E-state index is 6.38. The van der Waals surface area contributed by atoms with Crippen LogP contribution in [0.15, 0.2) is 10.9 Å². The van der Waals surface area contributed by atoms with Gasteiger partial charge < -0.3 is 5.73 Å². The molecule has 0 aromatic carbocycles. The van der Waals surface area contributed by atoms with Gasteiger partial charge in [-0.1, -0.05) is 6.92 Å². The van der Waals surface area contributed by atoms with Gasteiger partial charge in [-0.2, -0.15) is 0 Å². The number of rotatable bonds is 2. The van der Waals surface area contributed by atoms with Crippen molar-refractivity contribution < 1.29 is 0 Å². The molecule has 1 saturated carbocycles. The van der Waals surface area contributed by atoms with Gasteiger partial charge in [-0.05, 0) is 31.6 Å². The molecule has 1 fully saturated rings. The average molecular weight is 210 g/mol. The molecule has 1 aromatic rings. The third kappa shape index (κ3) is 2.34. The van der Waals surface area contributed by atoms with Gasteiger partial charge in [0.15, 0.2) is 0 Å². The Morgan fingerprint density at radius 2 is 2.29 bits per heavy atom. The summed E-state index contributed by atoms with van der Waals surface area (Å²) in [6.45, 7) is 2.32. The number of nitrogens with zero attached hydrogens (tertiary/aromatic N) is 1. The second kappa shape index (κ2) is 3.99. The van der Waals surface area contributed by atoms with Crippen LogP contribution < -0.4 is 5.73 Å². The lowest BCUT2D eigenvalue weighted by Gasteiger charge is -2.35. The van der Waals surface area contributed by atoms with E-state index in [9.17, 15) is 0 Å². The van der Waals surface area contributed by atoms with Gasteiger partial charge in [-0.15, -0.1) is 11.3 Å². The SMILES string of the molecule is CC1CCC(N)(Cc2cscn2)CC1. The monoisotopic (exact) mass is 210 g/mol. The molecule has 0 atom stereocenters. The number of aromatic nitrogens is 1. The van der Waals surface area contributed by atoms with Crippen molar-refractivity contribution in [3.8, 4) is 0 Å². The standard InChI is InChI=1S/C11H18N2S/c1-9-2-4-11(12,5-3-9)6-10-7-14-8-13-10/h7-9H,2-6,12H2,1H3. The Morgan fingerprint density at radius 1 is 1.57 bits per heavy atom. The van der Waals surface area contributed by atoms with E-state index in [-0.39, 0.29) is 5.54 Å². The van der Waals surface area contributed by atoms with Crippen LogP contribution in [0.2, 0.25) is 0 Å². The highest BCUT2D eigenvalue weighted by Crippen LogP contribution is 2.32. The van der Waals surface area contributed by atoms with Crippen LogP contribution in [0, 0.1) is 5.92 Å². The predicted molar refractivity (Wildman–Crippen MR) is 60.4 cm³/mol.